The predicted octanol–water partition coefficient (Wildman–Crippen LogP) is 3.86. The largest absolute Gasteiger partial charge is 0.254 e. The van der Waals surface area contributed by atoms with E-state index in [0.29, 0.717) is 5.69 Å². The van der Waals surface area contributed by atoms with Crippen molar-refractivity contribution in [2.24, 2.45) is 5.92 Å². The normalized spacial score (nSPS) is 16.5. The summed E-state index contributed by atoms with van der Waals surface area (Å²) < 4.78 is 13.6. The first-order valence-electron chi connectivity index (χ1n) is 6.13. The lowest BCUT2D eigenvalue weighted by molar-refractivity contribution is 0.540. The number of aromatic nitrogens is 1. The van der Waals surface area contributed by atoms with E-state index >= 15 is 0 Å². The first kappa shape index (κ1) is 11.6. The van der Waals surface area contributed by atoms with Gasteiger partial charge in [0.25, 0.3) is 0 Å². The molecule has 0 spiro atoms. The van der Waals surface area contributed by atoms with Crippen LogP contribution in [0.2, 0.25) is 0 Å². The third-order valence-corrected chi connectivity index (χ3v) is 3.17. The maximum atomic E-state index is 13.6. The van der Waals surface area contributed by atoms with Gasteiger partial charge in [-0.3, -0.25) is 4.98 Å². The van der Waals surface area contributed by atoms with E-state index in [9.17, 15) is 4.39 Å². The molecule has 1 aromatic rings. The topological polar surface area (TPSA) is 12.9 Å². The number of halogens is 1. The van der Waals surface area contributed by atoms with Crippen molar-refractivity contribution in [3.63, 3.8) is 0 Å². The fourth-order valence-electron chi connectivity index (χ4n) is 1.82. The summed E-state index contributed by atoms with van der Waals surface area (Å²) in [6, 6.07) is 3.37. The molecule has 1 saturated carbocycles. The maximum absolute atomic E-state index is 13.6. The molecule has 0 N–H and O–H groups in total. The zero-order valence-electron chi connectivity index (χ0n) is 10.4. The summed E-state index contributed by atoms with van der Waals surface area (Å²) in [6.07, 6.45) is 4.53. The van der Waals surface area contributed by atoms with E-state index in [4.69, 9.17) is 0 Å². The molecule has 0 saturated heterocycles. The molecule has 0 aromatic carbocycles. The van der Waals surface area contributed by atoms with E-state index in [2.05, 4.69) is 25.8 Å². The second-order valence-corrected chi connectivity index (χ2v) is 5.86. The Kier molecular flexibility index (Phi) is 3.00. The molecule has 1 aromatic heterocycles. The van der Waals surface area contributed by atoms with Crippen LogP contribution in [0.5, 0.6) is 0 Å². The van der Waals surface area contributed by atoms with Crippen LogP contribution in [0.15, 0.2) is 12.1 Å². The van der Waals surface area contributed by atoms with Gasteiger partial charge in [-0.15, -0.1) is 0 Å². The van der Waals surface area contributed by atoms with Gasteiger partial charge in [0.05, 0.1) is 5.69 Å². The molecule has 0 aliphatic heterocycles. The highest BCUT2D eigenvalue weighted by molar-refractivity contribution is 5.19. The van der Waals surface area contributed by atoms with Crippen LogP contribution in [0.4, 0.5) is 4.39 Å². The quantitative estimate of drug-likeness (QED) is 0.755. The van der Waals surface area contributed by atoms with E-state index in [1.165, 1.54) is 12.8 Å². The van der Waals surface area contributed by atoms with E-state index in [1.54, 1.807) is 12.1 Å². The Morgan fingerprint density at radius 2 is 2.00 bits per heavy atom. The number of hydrogen-bond donors (Lipinski definition) is 0. The molecule has 88 valence electrons. The third-order valence-electron chi connectivity index (χ3n) is 3.17. The highest BCUT2D eigenvalue weighted by atomic mass is 19.1. The Balaban J connectivity index is 2.14. The molecule has 0 bridgehead atoms. The molecular formula is C14H20FN. The van der Waals surface area contributed by atoms with Crippen LogP contribution in [-0.4, -0.2) is 4.98 Å². The highest BCUT2D eigenvalue weighted by Gasteiger charge is 2.22. The van der Waals surface area contributed by atoms with E-state index in [0.717, 1.165) is 24.5 Å². The fourth-order valence-corrected chi connectivity index (χ4v) is 1.82. The molecule has 2 rings (SSSR count). The van der Waals surface area contributed by atoms with Crippen molar-refractivity contribution in [2.75, 3.05) is 0 Å². The first-order valence-corrected chi connectivity index (χ1v) is 6.13. The molecular weight excluding hydrogens is 201 g/mol. The summed E-state index contributed by atoms with van der Waals surface area (Å²) in [6.45, 7) is 6.33. The third kappa shape index (κ3) is 2.81. The molecule has 1 aliphatic rings. The average Bonchev–Trinajstić information content (AvgIpc) is 2.98. The molecule has 1 fully saturated rings. The lowest BCUT2D eigenvalue weighted by atomic mass is 9.91. The Morgan fingerprint density at radius 1 is 1.31 bits per heavy atom. The van der Waals surface area contributed by atoms with Crippen molar-refractivity contribution >= 4 is 0 Å². The Hall–Kier alpha value is -0.920. The van der Waals surface area contributed by atoms with Crippen molar-refractivity contribution in [1.29, 1.82) is 0 Å². The fraction of sp³-hybridized carbons (Fsp3) is 0.643. The monoisotopic (exact) mass is 221 g/mol. The number of aryl methyl sites for hydroxylation is 1. The van der Waals surface area contributed by atoms with Crippen LogP contribution in [0.1, 0.15) is 51.4 Å². The minimum Gasteiger partial charge on any atom is -0.254 e. The molecule has 16 heavy (non-hydrogen) atoms. The molecule has 0 atom stereocenters. The Labute approximate surface area is 97.1 Å². The summed E-state index contributed by atoms with van der Waals surface area (Å²) in [7, 11) is 0. The van der Waals surface area contributed by atoms with Crippen LogP contribution in [0, 0.1) is 11.7 Å². The molecule has 2 heteroatoms. The molecule has 0 amide bonds. The highest BCUT2D eigenvalue weighted by Crippen LogP contribution is 2.33. The van der Waals surface area contributed by atoms with Crippen molar-refractivity contribution in [3.8, 4) is 0 Å². The second kappa shape index (κ2) is 4.15. The van der Waals surface area contributed by atoms with Gasteiger partial charge in [0.15, 0.2) is 0 Å². The lowest BCUT2D eigenvalue weighted by Gasteiger charge is -2.18. The standard InChI is InChI=1S/C14H20FN/c1-14(2,3)13-9-7-11(15)12(16-13)8-6-10-4-5-10/h7,9-10H,4-6,8H2,1-3H3. The minimum absolute atomic E-state index is 0.00201. The van der Waals surface area contributed by atoms with E-state index in [1.807, 2.05) is 0 Å². The van der Waals surface area contributed by atoms with Crippen LogP contribution < -0.4 is 0 Å². The van der Waals surface area contributed by atoms with Gasteiger partial charge in [-0.1, -0.05) is 33.6 Å². The molecule has 0 unspecified atom stereocenters. The number of nitrogens with zero attached hydrogens (tertiary/aromatic N) is 1. The zero-order valence-corrected chi connectivity index (χ0v) is 10.4. The Morgan fingerprint density at radius 3 is 2.56 bits per heavy atom. The van der Waals surface area contributed by atoms with Gasteiger partial charge in [-0.05, 0) is 30.9 Å². The van der Waals surface area contributed by atoms with E-state index < -0.39 is 0 Å². The number of pyridine rings is 1. The van der Waals surface area contributed by atoms with Gasteiger partial charge in [0.1, 0.15) is 5.82 Å². The SMILES string of the molecule is CC(C)(C)c1ccc(F)c(CCC2CC2)n1. The summed E-state index contributed by atoms with van der Waals surface area (Å²) in [4.78, 5) is 4.47. The molecule has 1 heterocycles. The van der Waals surface area contributed by atoms with Crippen molar-refractivity contribution < 1.29 is 4.39 Å². The lowest BCUT2D eigenvalue weighted by Crippen LogP contribution is -2.15. The van der Waals surface area contributed by atoms with Crippen molar-refractivity contribution in [3.05, 3.63) is 29.3 Å². The maximum Gasteiger partial charge on any atom is 0.144 e. The summed E-state index contributed by atoms with van der Waals surface area (Å²) in [5, 5.41) is 0. The van der Waals surface area contributed by atoms with Crippen LogP contribution in [-0.2, 0) is 11.8 Å². The minimum atomic E-state index is -0.145. The first-order chi connectivity index (χ1) is 7.47. The molecule has 1 aliphatic carbocycles. The van der Waals surface area contributed by atoms with Crippen molar-refractivity contribution in [2.45, 2.75) is 51.9 Å². The van der Waals surface area contributed by atoms with Gasteiger partial charge in [-0.25, -0.2) is 4.39 Å². The van der Waals surface area contributed by atoms with Gasteiger partial charge >= 0.3 is 0 Å². The summed E-state index contributed by atoms with van der Waals surface area (Å²) in [5.74, 6) is 0.688. The zero-order chi connectivity index (χ0) is 11.8. The van der Waals surface area contributed by atoms with E-state index in [-0.39, 0.29) is 11.2 Å². The Bertz CT molecular complexity index is 375. The van der Waals surface area contributed by atoms with Crippen molar-refractivity contribution in [1.82, 2.24) is 4.98 Å². The van der Waals surface area contributed by atoms with Gasteiger partial charge in [0.2, 0.25) is 0 Å². The second-order valence-electron chi connectivity index (χ2n) is 5.86. The number of rotatable bonds is 3. The smallest absolute Gasteiger partial charge is 0.144 e. The van der Waals surface area contributed by atoms with Gasteiger partial charge in [-0.2, -0.15) is 0 Å². The van der Waals surface area contributed by atoms with Crippen LogP contribution in [0.25, 0.3) is 0 Å². The van der Waals surface area contributed by atoms with Crippen LogP contribution in [0.3, 0.4) is 0 Å². The summed E-state index contributed by atoms with van der Waals surface area (Å²) >= 11 is 0. The van der Waals surface area contributed by atoms with Gasteiger partial charge in [0, 0.05) is 11.1 Å². The summed E-state index contributed by atoms with van der Waals surface area (Å²) in [5.41, 5.74) is 1.64. The average molecular weight is 221 g/mol. The van der Waals surface area contributed by atoms with Crippen LogP contribution >= 0.6 is 0 Å². The predicted molar refractivity (Wildman–Crippen MR) is 63.9 cm³/mol. The van der Waals surface area contributed by atoms with Gasteiger partial charge < -0.3 is 0 Å². The molecule has 0 radical (unpaired) electrons. The number of hydrogen-bond acceptors (Lipinski definition) is 1. The molecule has 1 nitrogen and oxygen atoms in total.